The van der Waals surface area contributed by atoms with Crippen molar-refractivity contribution in [3.8, 4) is 0 Å². The second-order valence-corrected chi connectivity index (χ2v) is 5.68. The quantitative estimate of drug-likeness (QED) is 0.907. The molecule has 0 aliphatic heterocycles. The first kappa shape index (κ1) is 14.3. The first-order valence-electron chi connectivity index (χ1n) is 6.26. The monoisotopic (exact) mass is 319 g/mol. The Balaban J connectivity index is 2.47. The summed E-state index contributed by atoms with van der Waals surface area (Å²) in [5.41, 5.74) is 1.96. The van der Waals surface area contributed by atoms with Crippen molar-refractivity contribution in [2.75, 3.05) is 13.6 Å². The van der Waals surface area contributed by atoms with Crippen molar-refractivity contribution in [2.24, 2.45) is 0 Å². The molecule has 0 bridgehead atoms. The van der Waals surface area contributed by atoms with Crippen molar-refractivity contribution in [3.63, 3.8) is 0 Å². The van der Waals surface area contributed by atoms with Gasteiger partial charge >= 0.3 is 0 Å². The van der Waals surface area contributed by atoms with Gasteiger partial charge in [0, 0.05) is 11.0 Å². The van der Waals surface area contributed by atoms with Gasteiger partial charge < -0.3 is 10.4 Å². The Labute approximate surface area is 122 Å². The Morgan fingerprint density at radius 2 is 1.47 bits per heavy atom. The molecular weight excluding hydrogens is 302 g/mol. The molecule has 2 N–H and O–H groups in total. The van der Waals surface area contributed by atoms with E-state index in [1.807, 2.05) is 62.5 Å². The molecule has 0 saturated heterocycles. The van der Waals surface area contributed by atoms with E-state index < -0.39 is 5.60 Å². The number of halogens is 1. The van der Waals surface area contributed by atoms with Gasteiger partial charge in [-0.05, 0) is 37.2 Å². The largest absolute Gasteiger partial charge is 0.379 e. The van der Waals surface area contributed by atoms with Gasteiger partial charge in [-0.25, -0.2) is 0 Å². The normalized spacial score (nSPS) is 14.1. The molecule has 0 fully saturated rings. The summed E-state index contributed by atoms with van der Waals surface area (Å²) in [6.07, 6.45) is 0. The second-order valence-electron chi connectivity index (χ2n) is 4.76. The van der Waals surface area contributed by atoms with Crippen LogP contribution in [-0.2, 0) is 5.60 Å². The summed E-state index contributed by atoms with van der Waals surface area (Å²) in [6, 6.07) is 15.8. The minimum Gasteiger partial charge on any atom is -0.379 e. The third-order valence-corrected chi connectivity index (χ3v) is 3.81. The van der Waals surface area contributed by atoms with Crippen molar-refractivity contribution < 1.29 is 5.11 Å². The predicted molar refractivity (Wildman–Crippen MR) is 82.2 cm³/mol. The van der Waals surface area contributed by atoms with E-state index in [1.54, 1.807) is 0 Å². The molecule has 0 aromatic heterocycles. The second kappa shape index (κ2) is 5.87. The molecule has 3 heteroatoms. The van der Waals surface area contributed by atoms with Crippen molar-refractivity contribution >= 4 is 15.9 Å². The third-order valence-electron chi connectivity index (χ3n) is 3.28. The summed E-state index contributed by atoms with van der Waals surface area (Å²) in [5.74, 6) is 0. The molecule has 2 nitrogen and oxygen atoms in total. The van der Waals surface area contributed by atoms with E-state index in [0.29, 0.717) is 6.54 Å². The molecule has 19 heavy (non-hydrogen) atoms. The molecule has 0 heterocycles. The molecule has 2 aromatic rings. The van der Waals surface area contributed by atoms with Gasteiger partial charge in [-0.15, -0.1) is 0 Å². The highest BCUT2D eigenvalue weighted by Gasteiger charge is 2.30. The van der Waals surface area contributed by atoms with Gasteiger partial charge in [0.15, 0.2) is 0 Å². The summed E-state index contributed by atoms with van der Waals surface area (Å²) in [7, 11) is 1.85. The van der Waals surface area contributed by atoms with Crippen molar-refractivity contribution in [3.05, 3.63) is 69.7 Å². The summed E-state index contributed by atoms with van der Waals surface area (Å²) in [5, 5.41) is 14.1. The lowest BCUT2D eigenvalue weighted by atomic mass is 9.86. The summed E-state index contributed by atoms with van der Waals surface area (Å²) in [4.78, 5) is 0. The van der Waals surface area contributed by atoms with E-state index in [1.165, 1.54) is 5.56 Å². The van der Waals surface area contributed by atoms with Crippen LogP contribution >= 0.6 is 15.9 Å². The number of hydrogen-bond acceptors (Lipinski definition) is 2. The molecule has 0 amide bonds. The van der Waals surface area contributed by atoms with Gasteiger partial charge in [-0.2, -0.15) is 0 Å². The van der Waals surface area contributed by atoms with Crippen molar-refractivity contribution in [2.45, 2.75) is 12.5 Å². The summed E-state index contributed by atoms with van der Waals surface area (Å²) < 4.78 is 1.01. The Morgan fingerprint density at radius 3 is 1.95 bits per heavy atom. The van der Waals surface area contributed by atoms with Gasteiger partial charge in [0.1, 0.15) is 5.60 Å². The first-order chi connectivity index (χ1) is 9.06. The van der Waals surface area contributed by atoms with E-state index in [4.69, 9.17) is 0 Å². The molecule has 2 rings (SSSR count). The van der Waals surface area contributed by atoms with Crippen LogP contribution in [-0.4, -0.2) is 18.7 Å². The highest BCUT2D eigenvalue weighted by Crippen LogP contribution is 2.30. The molecule has 0 radical (unpaired) electrons. The molecule has 1 unspecified atom stereocenters. The number of benzene rings is 2. The number of aliphatic hydroxyl groups is 1. The number of hydrogen-bond donors (Lipinski definition) is 2. The zero-order chi connectivity index (χ0) is 13.9. The highest BCUT2D eigenvalue weighted by atomic mass is 79.9. The standard InChI is InChI=1S/C16H18BrNO/c1-12-3-5-13(6-4-12)16(19,11-18-2)14-7-9-15(17)10-8-14/h3-10,18-19H,11H2,1-2H3. The van der Waals surface area contributed by atoms with E-state index in [0.717, 1.165) is 15.6 Å². The molecule has 0 saturated carbocycles. The molecule has 0 aliphatic carbocycles. The lowest BCUT2D eigenvalue weighted by Crippen LogP contribution is -2.37. The Bertz CT molecular complexity index is 488. The van der Waals surface area contributed by atoms with Crippen LogP contribution in [0.4, 0.5) is 0 Å². The zero-order valence-electron chi connectivity index (χ0n) is 11.2. The first-order valence-corrected chi connectivity index (χ1v) is 7.06. The van der Waals surface area contributed by atoms with Crippen molar-refractivity contribution in [1.82, 2.24) is 5.32 Å². The minimum atomic E-state index is -1.01. The van der Waals surface area contributed by atoms with Crippen LogP contribution < -0.4 is 5.32 Å². The van der Waals surface area contributed by atoms with Crippen molar-refractivity contribution in [1.29, 1.82) is 0 Å². The topological polar surface area (TPSA) is 32.3 Å². The molecule has 0 spiro atoms. The molecule has 1 atom stereocenters. The van der Waals surface area contributed by atoms with Crippen LogP contribution in [0.15, 0.2) is 53.0 Å². The molecular formula is C16H18BrNO. The fourth-order valence-corrected chi connectivity index (χ4v) is 2.45. The van der Waals surface area contributed by atoms with E-state index in [2.05, 4.69) is 21.2 Å². The number of rotatable bonds is 4. The lowest BCUT2D eigenvalue weighted by Gasteiger charge is -2.29. The van der Waals surface area contributed by atoms with Gasteiger partial charge in [0.2, 0.25) is 0 Å². The zero-order valence-corrected chi connectivity index (χ0v) is 12.7. The molecule has 100 valence electrons. The van der Waals surface area contributed by atoms with Crippen LogP contribution in [0.2, 0.25) is 0 Å². The Kier molecular flexibility index (Phi) is 4.40. The molecule has 0 aliphatic rings. The smallest absolute Gasteiger partial charge is 0.127 e. The number of aryl methyl sites for hydroxylation is 1. The van der Waals surface area contributed by atoms with Gasteiger partial charge in [-0.1, -0.05) is 57.9 Å². The van der Waals surface area contributed by atoms with E-state index >= 15 is 0 Å². The maximum absolute atomic E-state index is 11.1. The van der Waals surface area contributed by atoms with E-state index in [-0.39, 0.29) is 0 Å². The fraction of sp³-hybridized carbons (Fsp3) is 0.250. The number of nitrogens with one attached hydrogen (secondary N) is 1. The van der Waals surface area contributed by atoms with Gasteiger partial charge in [-0.3, -0.25) is 0 Å². The average Bonchev–Trinajstić information content (AvgIpc) is 2.40. The third kappa shape index (κ3) is 3.06. The van der Waals surface area contributed by atoms with Crippen LogP contribution in [0.3, 0.4) is 0 Å². The van der Waals surface area contributed by atoms with Gasteiger partial charge in [0.05, 0.1) is 0 Å². The maximum Gasteiger partial charge on any atom is 0.127 e. The fourth-order valence-electron chi connectivity index (χ4n) is 2.18. The Hall–Kier alpha value is -1.16. The van der Waals surface area contributed by atoms with E-state index in [9.17, 15) is 5.11 Å². The molecule has 2 aromatic carbocycles. The minimum absolute atomic E-state index is 0.470. The predicted octanol–water partition coefficient (Wildman–Crippen LogP) is 3.21. The lowest BCUT2D eigenvalue weighted by molar-refractivity contribution is 0.0823. The van der Waals surface area contributed by atoms with Crippen LogP contribution in [0.5, 0.6) is 0 Å². The Morgan fingerprint density at radius 1 is 1.00 bits per heavy atom. The number of likely N-dealkylation sites (N-methyl/N-ethyl adjacent to an activating group) is 1. The average molecular weight is 320 g/mol. The van der Waals surface area contributed by atoms with Crippen LogP contribution in [0.25, 0.3) is 0 Å². The van der Waals surface area contributed by atoms with Gasteiger partial charge in [0.25, 0.3) is 0 Å². The summed E-state index contributed by atoms with van der Waals surface area (Å²) in [6.45, 7) is 2.51. The van der Waals surface area contributed by atoms with Crippen LogP contribution in [0, 0.1) is 6.92 Å². The van der Waals surface area contributed by atoms with Crippen LogP contribution in [0.1, 0.15) is 16.7 Å². The summed E-state index contributed by atoms with van der Waals surface area (Å²) >= 11 is 3.42. The maximum atomic E-state index is 11.1. The highest BCUT2D eigenvalue weighted by molar-refractivity contribution is 9.10. The SMILES string of the molecule is CNCC(O)(c1ccc(C)cc1)c1ccc(Br)cc1.